The Labute approximate surface area is 252 Å². The molecular formula is C34H39FN2O6. The Bertz CT molecular complexity index is 1480. The molecule has 1 saturated heterocycles. The van der Waals surface area contributed by atoms with E-state index in [0.717, 1.165) is 22.3 Å². The van der Waals surface area contributed by atoms with E-state index in [0.29, 0.717) is 43.3 Å². The number of likely N-dealkylation sites (tertiary alicyclic amines) is 1. The van der Waals surface area contributed by atoms with Crippen LogP contribution in [0.1, 0.15) is 65.7 Å². The molecule has 2 atom stereocenters. The summed E-state index contributed by atoms with van der Waals surface area (Å²) in [4.78, 5) is 27.8. The van der Waals surface area contributed by atoms with E-state index in [1.165, 1.54) is 6.07 Å². The Balaban J connectivity index is 1.35. The van der Waals surface area contributed by atoms with Gasteiger partial charge in [-0.1, -0.05) is 24.3 Å². The van der Waals surface area contributed by atoms with Crippen molar-refractivity contribution in [1.82, 2.24) is 10.2 Å². The predicted molar refractivity (Wildman–Crippen MR) is 160 cm³/mol. The number of nitrogens with zero attached hydrogens (tertiary/aromatic N) is 1. The Kier molecular flexibility index (Phi) is 8.80. The number of amides is 2. The maximum absolute atomic E-state index is 15.0. The summed E-state index contributed by atoms with van der Waals surface area (Å²) < 4.78 is 37.7. The van der Waals surface area contributed by atoms with Gasteiger partial charge in [0.25, 0.3) is 5.91 Å². The van der Waals surface area contributed by atoms with Crippen molar-refractivity contribution in [3.8, 4) is 17.2 Å². The molecule has 0 bridgehead atoms. The summed E-state index contributed by atoms with van der Waals surface area (Å²) in [5.41, 5.74) is 3.34. The molecule has 2 heterocycles. The van der Waals surface area contributed by atoms with Gasteiger partial charge in [0.15, 0.2) is 11.5 Å². The van der Waals surface area contributed by atoms with Crippen LogP contribution in [-0.4, -0.2) is 49.0 Å². The Morgan fingerprint density at radius 2 is 1.77 bits per heavy atom. The van der Waals surface area contributed by atoms with Crippen molar-refractivity contribution in [1.29, 1.82) is 0 Å². The van der Waals surface area contributed by atoms with Crippen molar-refractivity contribution in [2.45, 2.75) is 59.1 Å². The molecule has 0 radical (unpaired) electrons. The summed E-state index contributed by atoms with van der Waals surface area (Å²) in [6.45, 7) is 11.1. The zero-order valence-electron chi connectivity index (χ0n) is 25.4. The second-order valence-electron chi connectivity index (χ2n) is 12.2. The number of halogens is 1. The Morgan fingerprint density at radius 1 is 1.02 bits per heavy atom. The number of aryl methyl sites for hydroxylation is 2. The van der Waals surface area contributed by atoms with Crippen molar-refractivity contribution in [3.05, 3.63) is 88.2 Å². The summed E-state index contributed by atoms with van der Waals surface area (Å²) in [5, 5.41) is 2.89. The molecule has 43 heavy (non-hydrogen) atoms. The summed E-state index contributed by atoms with van der Waals surface area (Å²) in [7, 11) is 0. The van der Waals surface area contributed by atoms with E-state index < -0.39 is 17.3 Å². The third-order valence-electron chi connectivity index (χ3n) is 7.93. The van der Waals surface area contributed by atoms with Crippen LogP contribution in [0.5, 0.6) is 17.2 Å². The number of benzene rings is 3. The van der Waals surface area contributed by atoms with Gasteiger partial charge in [0, 0.05) is 31.6 Å². The lowest BCUT2D eigenvalue weighted by molar-refractivity contribution is 0.0111. The van der Waals surface area contributed by atoms with Crippen LogP contribution in [-0.2, 0) is 11.3 Å². The molecule has 0 aliphatic carbocycles. The highest BCUT2D eigenvalue weighted by Gasteiger charge is 2.35. The number of piperidine rings is 1. The number of ether oxygens (including phenoxy) is 4. The molecule has 2 aliphatic rings. The highest BCUT2D eigenvalue weighted by molar-refractivity contribution is 5.94. The van der Waals surface area contributed by atoms with Crippen molar-refractivity contribution in [2.75, 3.05) is 26.5 Å². The number of carbonyl (C=O) groups is 2. The molecule has 3 aromatic rings. The van der Waals surface area contributed by atoms with Crippen LogP contribution in [0.25, 0.3) is 0 Å². The molecule has 2 aliphatic heterocycles. The van der Waals surface area contributed by atoms with Gasteiger partial charge >= 0.3 is 6.09 Å². The van der Waals surface area contributed by atoms with Gasteiger partial charge in [-0.25, -0.2) is 9.18 Å². The monoisotopic (exact) mass is 590 g/mol. The average Bonchev–Trinajstić information content (AvgIpc) is 3.43. The largest absolute Gasteiger partial charge is 0.493 e. The molecule has 0 saturated carbocycles. The summed E-state index contributed by atoms with van der Waals surface area (Å²) in [6, 6.07) is 16.0. The molecule has 0 unspecified atom stereocenters. The van der Waals surface area contributed by atoms with E-state index in [4.69, 9.17) is 18.9 Å². The van der Waals surface area contributed by atoms with E-state index in [9.17, 15) is 14.0 Å². The van der Waals surface area contributed by atoms with Crippen LogP contribution in [0, 0.1) is 25.6 Å². The van der Waals surface area contributed by atoms with Crippen LogP contribution >= 0.6 is 0 Å². The Morgan fingerprint density at radius 3 is 2.51 bits per heavy atom. The molecule has 0 spiro atoms. The molecule has 1 fully saturated rings. The first-order chi connectivity index (χ1) is 20.5. The van der Waals surface area contributed by atoms with Crippen molar-refractivity contribution in [2.24, 2.45) is 5.92 Å². The SMILES string of the molecule is Cc1cccc(C)c1CNC(=O)c1cc([C@@H]2CCN(C(=O)OC(C)(C)C)C[C@H]2COc2ccc3c(c2)OCO3)ccc1F. The normalized spacial score (nSPS) is 17.9. The lowest BCUT2D eigenvalue weighted by Crippen LogP contribution is -2.46. The van der Waals surface area contributed by atoms with Crippen molar-refractivity contribution >= 4 is 12.0 Å². The fraction of sp³-hybridized carbons (Fsp3) is 0.412. The molecule has 228 valence electrons. The van der Waals surface area contributed by atoms with E-state index in [1.807, 2.05) is 58.9 Å². The predicted octanol–water partition coefficient (Wildman–Crippen LogP) is 6.52. The molecule has 1 N–H and O–H groups in total. The molecule has 5 rings (SSSR count). The molecule has 2 amide bonds. The quantitative estimate of drug-likeness (QED) is 0.337. The fourth-order valence-corrected chi connectivity index (χ4v) is 5.64. The number of hydrogen-bond acceptors (Lipinski definition) is 6. The van der Waals surface area contributed by atoms with Crippen LogP contribution in [0.3, 0.4) is 0 Å². The van der Waals surface area contributed by atoms with Gasteiger partial charge in [-0.15, -0.1) is 0 Å². The van der Waals surface area contributed by atoms with Crippen LogP contribution in [0.2, 0.25) is 0 Å². The molecule has 3 aromatic carbocycles. The number of nitrogens with one attached hydrogen (secondary N) is 1. The second-order valence-corrected chi connectivity index (χ2v) is 12.2. The van der Waals surface area contributed by atoms with Crippen molar-refractivity contribution < 1.29 is 32.9 Å². The van der Waals surface area contributed by atoms with Gasteiger partial charge in [-0.3, -0.25) is 4.79 Å². The summed E-state index contributed by atoms with van der Waals surface area (Å²) in [6.07, 6.45) is 0.216. The minimum Gasteiger partial charge on any atom is -0.493 e. The molecule has 8 nitrogen and oxygen atoms in total. The third-order valence-corrected chi connectivity index (χ3v) is 7.93. The maximum atomic E-state index is 15.0. The summed E-state index contributed by atoms with van der Waals surface area (Å²) >= 11 is 0. The number of fused-ring (bicyclic) bond motifs is 1. The van der Waals surface area contributed by atoms with Crippen LogP contribution < -0.4 is 19.5 Å². The zero-order valence-corrected chi connectivity index (χ0v) is 25.4. The van der Waals surface area contributed by atoms with Gasteiger partial charge in [0.05, 0.1) is 12.2 Å². The summed E-state index contributed by atoms with van der Waals surface area (Å²) in [5.74, 6) is 0.601. The first-order valence-electron chi connectivity index (χ1n) is 14.6. The zero-order chi connectivity index (χ0) is 30.7. The number of hydrogen-bond donors (Lipinski definition) is 1. The van der Waals surface area contributed by atoms with Gasteiger partial charge < -0.3 is 29.2 Å². The first kappa shape index (κ1) is 30.2. The molecule has 9 heteroatoms. The maximum Gasteiger partial charge on any atom is 0.410 e. The third kappa shape index (κ3) is 7.21. The highest BCUT2D eigenvalue weighted by Crippen LogP contribution is 2.38. The molecular weight excluding hydrogens is 551 g/mol. The van der Waals surface area contributed by atoms with E-state index in [1.54, 1.807) is 29.2 Å². The van der Waals surface area contributed by atoms with Gasteiger partial charge in [-0.2, -0.15) is 0 Å². The minimum atomic E-state index is -0.623. The highest BCUT2D eigenvalue weighted by atomic mass is 19.1. The Hall–Kier alpha value is -4.27. The lowest BCUT2D eigenvalue weighted by atomic mass is 9.80. The lowest BCUT2D eigenvalue weighted by Gasteiger charge is -2.39. The van der Waals surface area contributed by atoms with E-state index in [2.05, 4.69) is 5.32 Å². The average molecular weight is 591 g/mol. The standard InChI is InChI=1S/C34H39FN2O6/c1-21-7-6-8-22(2)28(21)17-36-32(38)27-15-23(9-11-29(27)35)26-13-14-37(33(39)43-34(3,4)5)18-24(26)19-40-25-10-12-30-31(16-25)42-20-41-30/h6-12,15-16,24,26H,13-14,17-20H2,1-5H3,(H,36,38)/t24-,26-/m0/s1. The van der Waals surface area contributed by atoms with E-state index >= 15 is 0 Å². The first-order valence-corrected chi connectivity index (χ1v) is 14.6. The smallest absolute Gasteiger partial charge is 0.410 e. The number of carbonyl (C=O) groups excluding carboxylic acids is 2. The van der Waals surface area contributed by atoms with Crippen LogP contribution in [0.4, 0.5) is 9.18 Å². The molecule has 0 aromatic heterocycles. The van der Waals surface area contributed by atoms with Crippen LogP contribution in [0.15, 0.2) is 54.6 Å². The minimum absolute atomic E-state index is 0.00579. The van der Waals surface area contributed by atoms with Gasteiger partial charge in [0.1, 0.15) is 17.2 Å². The fourth-order valence-electron chi connectivity index (χ4n) is 5.64. The van der Waals surface area contributed by atoms with E-state index in [-0.39, 0.29) is 36.9 Å². The topological polar surface area (TPSA) is 86.3 Å². The number of rotatable bonds is 7. The van der Waals surface area contributed by atoms with Gasteiger partial charge in [0.2, 0.25) is 6.79 Å². The van der Waals surface area contributed by atoms with Gasteiger partial charge in [-0.05, 0) is 93.5 Å². The second kappa shape index (κ2) is 12.5. The van der Waals surface area contributed by atoms with Crippen molar-refractivity contribution in [3.63, 3.8) is 0 Å².